The first kappa shape index (κ1) is 23.1. The van der Waals surface area contributed by atoms with Crippen LogP contribution in [-0.2, 0) is 11.2 Å². The lowest BCUT2D eigenvalue weighted by Crippen LogP contribution is -2.07. The Hall–Kier alpha value is -3.67. The molecule has 6 nitrogen and oxygen atoms in total. The van der Waals surface area contributed by atoms with Gasteiger partial charge in [0.1, 0.15) is 11.2 Å². The molecule has 0 bridgehead atoms. The Morgan fingerprint density at radius 1 is 0.943 bits per heavy atom. The van der Waals surface area contributed by atoms with Gasteiger partial charge >= 0.3 is 5.97 Å². The molecule has 0 saturated carbocycles. The van der Waals surface area contributed by atoms with Crippen molar-refractivity contribution in [2.24, 2.45) is 0 Å². The number of carbonyl (C=O) groups excluding carboxylic acids is 1. The van der Waals surface area contributed by atoms with E-state index in [1.807, 2.05) is 29.0 Å². The summed E-state index contributed by atoms with van der Waals surface area (Å²) in [4.78, 5) is 22.9. The van der Waals surface area contributed by atoms with Crippen molar-refractivity contribution in [2.45, 2.75) is 66.2 Å². The topological polar surface area (TPSA) is 61.4 Å². The van der Waals surface area contributed by atoms with E-state index in [-0.39, 0.29) is 5.97 Å². The lowest BCUT2D eigenvalue weighted by atomic mass is 10.1. The SMILES string of the molecule is CCCCC(=O)Oc1cn(-c2cc(C)cc(C)c2)c2nc(CCCC)n3c4ccccc4nc3c12. The smallest absolute Gasteiger partial charge is 0.311 e. The number of esters is 1. The molecule has 0 spiro atoms. The highest BCUT2D eigenvalue weighted by atomic mass is 16.5. The minimum atomic E-state index is -0.226. The zero-order chi connectivity index (χ0) is 24.5. The number of nitrogens with zero attached hydrogens (tertiary/aromatic N) is 4. The van der Waals surface area contributed by atoms with Gasteiger partial charge in [0.05, 0.1) is 17.2 Å². The molecule has 180 valence electrons. The third kappa shape index (κ3) is 4.29. The molecule has 5 aromatic rings. The van der Waals surface area contributed by atoms with Crippen LogP contribution in [0.2, 0.25) is 0 Å². The van der Waals surface area contributed by atoms with Gasteiger partial charge in [-0.25, -0.2) is 9.97 Å². The largest absolute Gasteiger partial charge is 0.424 e. The van der Waals surface area contributed by atoms with Crippen LogP contribution in [-0.4, -0.2) is 24.9 Å². The molecule has 0 saturated heterocycles. The second kappa shape index (κ2) is 9.53. The number of para-hydroxylation sites is 2. The molecule has 0 amide bonds. The summed E-state index contributed by atoms with van der Waals surface area (Å²) in [6.07, 6.45) is 6.98. The van der Waals surface area contributed by atoms with Crippen LogP contribution in [0, 0.1) is 13.8 Å². The number of unbranched alkanes of at least 4 members (excludes halogenated alkanes) is 2. The van der Waals surface area contributed by atoms with E-state index in [1.54, 1.807) is 0 Å². The summed E-state index contributed by atoms with van der Waals surface area (Å²) < 4.78 is 10.2. The Morgan fingerprint density at radius 2 is 1.69 bits per heavy atom. The third-order valence-corrected chi connectivity index (χ3v) is 6.42. The number of imidazole rings is 1. The number of benzene rings is 2. The van der Waals surface area contributed by atoms with Crippen LogP contribution >= 0.6 is 0 Å². The van der Waals surface area contributed by atoms with Crippen molar-refractivity contribution in [2.75, 3.05) is 0 Å². The fourth-order valence-electron chi connectivity index (χ4n) is 4.78. The molecule has 0 atom stereocenters. The van der Waals surface area contributed by atoms with Crippen molar-refractivity contribution in [3.05, 3.63) is 65.6 Å². The molecule has 0 radical (unpaired) electrons. The number of fused-ring (bicyclic) bond motifs is 5. The maximum Gasteiger partial charge on any atom is 0.311 e. The van der Waals surface area contributed by atoms with Gasteiger partial charge in [0.15, 0.2) is 17.0 Å². The quantitative estimate of drug-likeness (QED) is 0.233. The van der Waals surface area contributed by atoms with Crippen molar-refractivity contribution in [1.29, 1.82) is 0 Å². The first-order valence-electron chi connectivity index (χ1n) is 12.6. The highest BCUT2D eigenvalue weighted by molar-refractivity contribution is 6.01. The van der Waals surface area contributed by atoms with Gasteiger partial charge in [-0.15, -0.1) is 0 Å². The van der Waals surface area contributed by atoms with Crippen LogP contribution in [0.1, 0.15) is 62.9 Å². The van der Waals surface area contributed by atoms with Crippen LogP contribution in [0.25, 0.3) is 33.4 Å². The van der Waals surface area contributed by atoms with Crippen LogP contribution in [0.4, 0.5) is 0 Å². The Kier molecular flexibility index (Phi) is 6.29. The number of rotatable bonds is 8. The fourth-order valence-corrected chi connectivity index (χ4v) is 4.78. The van der Waals surface area contributed by atoms with Crippen molar-refractivity contribution < 1.29 is 9.53 Å². The van der Waals surface area contributed by atoms with Crippen molar-refractivity contribution in [3.63, 3.8) is 0 Å². The first-order valence-corrected chi connectivity index (χ1v) is 12.6. The molecule has 2 aromatic carbocycles. The summed E-state index contributed by atoms with van der Waals surface area (Å²) in [5, 5.41) is 0.769. The van der Waals surface area contributed by atoms with E-state index in [0.29, 0.717) is 12.2 Å². The van der Waals surface area contributed by atoms with E-state index in [4.69, 9.17) is 14.7 Å². The Bertz CT molecular complexity index is 1520. The number of hydrogen-bond acceptors (Lipinski definition) is 4. The van der Waals surface area contributed by atoms with Crippen LogP contribution in [0.5, 0.6) is 5.75 Å². The number of aryl methyl sites for hydroxylation is 3. The molecule has 6 heteroatoms. The normalized spacial score (nSPS) is 11.7. The minimum absolute atomic E-state index is 0.226. The van der Waals surface area contributed by atoms with E-state index in [2.05, 4.69) is 56.4 Å². The van der Waals surface area contributed by atoms with Crippen molar-refractivity contribution >= 4 is 33.7 Å². The molecule has 0 unspecified atom stereocenters. The van der Waals surface area contributed by atoms with Crippen LogP contribution in [0.15, 0.2) is 48.7 Å². The number of ether oxygens (including phenoxy) is 1. The van der Waals surface area contributed by atoms with Crippen LogP contribution < -0.4 is 4.74 Å². The summed E-state index contributed by atoms with van der Waals surface area (Å²) in [6, 6.07) is 14.5. The molecule has 0 fully saturated rings. The fraction of sp³-hybridized carbons (Fsp3) is 0.345. The van der Waals surface area contributed by atoms with E-state index >= 15 is 0 Å². The standard InChI is InChI=1S/C29H32N4O2/c1-5-7-13-25-31-28-27(29-30-22-11-9-10-12-23(22)33(25)29)24(35-26(34)14-8-6-2)18-32(28)21-16-19(3)15-20(4)17-21/h9-12,15-18H,5-8,13-14H2,1-4H3. The maximum atomic E-state index is 12.7. The monoisotopic (exact) mass is 468 g/mol. The summed E-state index contributed by atoms with van der Waals surface area (Å²) in [5.74, 6) is 1.25. The summed E-state index contributed by atoms with van der Waals surface area (Å²) in [6.45, 7) is 8.44. The van der Waals surface area contributed by atoms with E-state index in [1.165, 1.54) is 11.1 Å². The van der Waals surface area contributed by atoms with Gasteiger partial charge < -0.3 is 4.74 Å². The first-order chi connectivity index (χ1) is 17.0. The van der Waals surface area contributed by atoms with Gasteiger partial charge in [-0.05, 0) is 62.1 Å². The molecular formula is C29H32N4O2. The lowest BCUT2D eigenvalue weighted by molar-refractivity contribution is -0.134. The van der Waals surface area contributed by atoms with Gasteiger partial charge in [-0.3, -0.25) is 13.8 Å². The molecule has 35 heavy (non-hydrogen) atoms. The highest BCUT2D eigenvalue weighted by Crippen LogP contribution is 2.36. The molecule has 5 rings (SSSR count). The molecular weight excluding hydrogens is 436 g/mol. The van der Waals surface area contributed by atoms with Crippen molar-refractivity contribution in [3.8, 4) is 11.4 Å². The second-order valence-corrected chi connectivity index (χ2v) is 9.38. The minimum Gasteiger partial charge on any atom is -0.424 e. The average Bonchev–Trinajstić information content (AvgIpc) is 3.39. The van der Waals surface area contributed by atoms with Gasteiger partial charge in [-0.2, -0.15) is 0 Å². The predicted octanol–water partition coefficient (Wildman–Crippen LogP) is 6.88. The Morgan fingerprint density at radius 3 is 2.43 bits per heavy atom. The third-order valence-electron chi connectivity index (χ3n) is 6.42. The second-order valence-electron chi connectivity index (χ2n) is 9.38. The summed E-state index contributed by atoms with van der Waals surface area (Å²) >= 11 is 0. The van der Waals surface area contributed by atoms with Gasteiger partial charge in [0, 0.05) is 18.5 Å². The molecule has 3 aromatic heterocycles. The molecule has 0 aliphatic heterocycles. The summed E-state index contributed by atoms with van der Waals surface area (Å²) in [5.41, 5.74) is 6.81. The van der Waals surface area contributed by atoms with Gasteiger partial charge in [0.2, 0.25) is 0 Å². The summed E-state index contributed by atoms with van der Waals surface area (Å²) in [7, 11) is 0. The number of carbonyl (C=O) groups is 1. The predicted molar refractivity (Wildman–Crippen MR) is 141 cm³/mol. The maximum absolute atomic E-state index is 12.7. The van der Waals surface area contributed by atoms with Gasteiger partial charge in [-0.1, -0.05) is 44.9 Å². The zero-order valence-electron chi connectivity index (χ0n) is 21.0. The average molecular weight is 469 g/mol. The lowest BCUT2D eigenvalue weighted by Gasteiger charge is -2.10. The van der Waals surface area contributed by atoms with Crippen molar-refractivity contribution in [1.82, 2.24) is 18.9 Å². The Labute approximate surface area is 205 Å². The van der Waals surface area contributed by atoms with E-state index in [0.717, 1.165) is 71.3 Å². The zero-order valence-corrected chi connectivity index (χ0v) is 21.0. The van der Waals surface area contributed by atoms with Gasteiger partial charge in [0.25, 0.3) is 0 Å². The molecule has 0 aliphatic rings. The molecule has 0 aliphatic carbocycles. The Balaban J connectivity index is 1.83. The highest BCUT2D eigenvalue weighted by Gasteiger charge is 2.23. The molecule has 3 heterocycles. The van der Waals surface area contributed by atoms with E-state index in [9.17, 15) is 4.79 Å². The van der Waals surface area contributed by atoms with Crippen LogP contribution in [0.3, 0.4) is 0 Å². The molecule has 0 N–H and O–H groups in total. The number of aromatic nitrogens is 4. The van der Waals surface area contributed by atoms with E-state index < -0.39 is 0 Å². The number of hydrogen-bond donors (Lipinski definition) is 0.